The van der Waals surface area contributed by atoms with Crippen LogP contribution in [0.3, 0.4) is 0 Å². The second-order valence-corrected chi connectivity index (χ2v) is 6.85. The molecule has 1 heterocycles. The topological polar surface area (TPSA) is 69.6 Å². The third-order valence-corrected chi connectivity index (χ3v) is 4.70. The summed E-state index contributed by atoms with van der Waals surface area (Å²) in [4.78, 5) is 25.4. The lowest BCUT2D eigenvalue weighted by molar-refractivity contribution is -0.143. The van der Waals surface area contributed by atoms with Crippen LogP contribution in [0.5, 0.6) is 0 Å². The van der Waals surface area contributed by atoms with Crippen LogP contribution in [0.1, 0.15) is 13.3 Å². The Bertz CT molecular complexity index is 852. The van der Waals surface area contributed by atoms with Gasteiger partial charge in [-0.1, -0.05) is 31.2 Å². The molecule has 1 aliphatic heterocycles. The number of urea groups is 1. The molecule has 7 heteroatoms. The first-order valence-electron chi connectivity index (χ1n) is 8.69. The van der Waals surface area contributed by atoms with Gasteiger partial charge in [0.2, 0.25) is 0 Å². The number of hydrogen-bond acceptors (Lipinski definition) is 2. The van der Waals surface area contributed by atoms with Gasteiger partial charge in [-0.15, -0.1) is 0 Å². The maximum atomic E-state index is 14.2. The number of anilines is 1. The fourth-order valence-electron chi connectivity index (χ4n) is 3.46. The molecular weight excluding hydrogens is 354 g/mol. The number of likely N-dealkylation sites (tertiary alicyclic amines) is 1. The van der Waals surface area contributed by atoms with Crippen molar-refractivity contribution in [2.75, 3.05) is 18.4 Å². The molecule has 2 N–H and O–H groups in total. The number of carboxylic acids is 1. The highest BCUT2D eigenvalue weighted by Crippen LogP contribution is 2.32. The number of halogens is 2. The number of benzene rings is 2. The summed E-state index contributed by atoms with van der Waals surface area (Å²) in [7, 11) is 0. The maximum absolute atomic E-state index is 14.2. The number of para-hydroxylation sites is 1. The molecule has 0 radical (unpaired) electrons. The number of piperidine rings is 1. The van der Waals surface area contributed by atoms with E-state index in [2.05, 4.69) is 5.32 Å². The van der Waals surface area contributed by atoms with Crippen LogP contribution in [0.2, 0.25) is 0 Å². The van der Waals surface area contributed by atoms with Crippen molar-refractivity contribution >= 4 is 17.7 Å². The van der Waals surface area contributed by atoms with Gasteiger partial charge in [0.1, 0.15) is 11.6 Å². The Kier molecular flexibility index (Phi) is 5.39. The lowest BCUT2D eigenvalue weighted by Crippen LogP contribution is -2.47. The van der Waals surface area contributed by atoms with Crippen LogP contribution in [0, 0.1) is 23.5 Å². The Morgan fingerprint density at radius 2 is 1.74 bits per heavy atom. The largest absolute Gasteiger partial charge is 0.481 e. The summed E-state index contributed by atoms with van der Waals surface area (Å²) in [5, 5.41) is 11.9. The molecule has 142 valence electrons. The van der Waals surface area contributed by atoms with Crippen LogP contribution in [0.4, 0.5) is 19.3 Å². The number of hydrogen-bond donors (Lipinski definition) is 2. The van der Waals surface area contributed by atoms with E-state index in [1.165, 1.54) is 17.0 Å². The number of aliphatic carboxylic acids is 1. The van der Waals surface area contributed by atoms with Crippen LogP contribution in [0.25, 0.3) is 11.1 Å². The third kappa shape index (κ3) is 4.07. The van der Waals surface area contributed by atoms with Gasteiger partial charge in [0.15, 0.2) is 0 Å². The first-order valence-corrected chi connectivity index (χ1v) is 8.69. The second kappa shape index (κ2) is 7.73. The van der Waals surface area contributed by atoms with Gasteiger partial charge in [0.05, 0.1) is 17.2 Å². The summed E-state index contributed by atoms with van der Waals surface area (Å²) in [6, 6.07) is 9.45. The number of nitrogens with zero attached hydrogens (tertiary/aromatic N) is 1. The molecule has 2 amide bonds. The SMILES string of the molecule is CC1CC(C(=O)O)CN(C(=O)Nc2ccccc2-c2c(F)cccc2F)C1. The summed E-state index contributed by atoms with van der Waals surface area (Å²) >= 11 is 0. The molecule has 5 nitrogen and oxygen atoms in total. The fraction of sp³-hybridized carbons (Fsp3) is 0.300. The van der Waals surface area contributed by atoms with Crippen molar-refractivity contribution in [1.82, 2.24) is 4.90 Å². The average molecular weight is 374 g/mol. The fourth-order valence-corrected chi connectivity index (χ4v) is 3.46. The van der Waals surface area contributed by atoms with Crippen molar-refractivity contribution in [2.24, 2.45) is 11.8 Å². The van der Waals surface area contributed by atoms with Gasteiger partial charge in [-0.05, 0) is 30.5 Å². The lowest BCUT2D eigenvalue weighted by Gasteiger charge is -2.34. The molecule has 27 heavy (non-hydrogen) atoms. The van der Waals surface area contributed by atoms with Crippen molar-refractivity contribution in [1.29, 1.82) is 0 Å². The Balaban J connectivity index is 1.86. The van der Waals surface area contributed by atoms with Gasteiger partial charge < -0.3 is 15.3 Å². The van der Waals surface area contributed by atoms with Gasteiger partial charge >= 0.3 is 12.0 Å². The summed E-state index contributed by atoms with van der Waals surface area (Å²) in [6.45, 7) is 2.41. The van der Waals surface area contributed by atoms with Crippen LogP contribution in [0.15, 0.2) is 42.5 Å². The average Bonchev–Trinajstić information content (AvgIpc) is 2.62. The predicted octanol–water partition coefficient (Wildman–Crippen LogP) is 4.21. The quantitative estimate of drug-likeness (QED) is 0.846. The Hall–Kier alpha value is -2.96. The molecule has 1 fully saturated rings. The van der Waals surface area contributed by atoms with Crippen molar-refractivity contribution in [3.63, 3.8) is 0 Å². The van der Waals surface area contributed by atoms with E-state index in [0.717, 1.165) is 12.1 Å². The van der Waals surface area contributed by atoms with Crippen molar-refractivity contribution in [3.05, 3.63) is 54.1 Å². The number of rotatable bonds is 3. The Labute approximate surface area is 155 Å². The molecule has 2 aromatic rings. The summed E-state index contributed by atoms with van der Waals surface area (Å²) < 4.78 is 28.3. The molecule has 0 aromatic heterocycles. The minimum Gasteiger partial charge on any atom is -0.481 e. The van der Waals surface area contributed by atoms with E-state index >= 15 is 0 Å². The maximum Gasteiger partial charge on any atom is 0.321 e. The van der Waals surface area contributed by atoms with Gasteiger partial charge in [-0.2, -0.15) is 0 Å². The van der Waals surface area contributed by atoms with E-state index in [0.29, 0.717) is 13.0 Å². The standard InChI is InChI=1S/C20H20F2N2O3/c1-12-9-13(19(25)26)11-24(10-12)20(27)23-17-8-3-2-5-14(17)18-15(21)6-4-7-16(18)22/h2-8,12-13H,9-11H2,1H3,(H,23,27)(H,25,26). The molecule has 0 aliphatic carbocycles. The zero-order valence-corrected chi connectivity index (χ0v) is 14.8. The van der Waals surface area contributed by atoms with Crippen LogP contribution in [-0.2, 0) is 4.79 Å². The minimum absolute atomic E-state index is 0.0462. The highest BCUT2D eigenvalue weighted by molar-refractivity contribution is 5.95. The van der Waals surface area contributed by atoms with Crippen LogP contribution < -0.4 is 5.32 Å². The van der Waals surface area contributed by atoms with E-state index < -0.39 is 29.6 Å². The van der Waals surface area contributed by atoms with Crippen LogP contribution in [-0.4, -0.2) is 35.1 Å². The second-order valence-electron chi connectivity index (χ2n) is 6.85. The molecule has 0 spiro atoms. The number of amides is 2. The van der Waals surface area contributed by atoms with E-state index in [-0.39, 0.29) is 29.3 Å². The molecule has 2 aromatic carbocycles. The number of carbonyl (C=O) groups excluding carboxylic acids is 1. The highest BCUT2D eigenvalue weighted by Gasteiger charge is 2.32. The summed E-state index contributed by atoms with van der Waals surface area (Å²) in [5.74, 6) is -2.97. The summed E-state index contributed by atoms with van der Waals surface area (Å²) in [6.07, 6.45) is 0.510. The monoisotopic (exact) mass is 374 g/mol. The molecule has 1 aliphatic rings. The van der Waals surface area contributed by atoms with Gasteiger partial charge in [-0.3, -0.25) is 4.79 Å². The summed E-state index contributed by atoms with van der Waals surface area (Å²) in [5.41, 5.74) is 0.265. The van der Waals surface area contributed by atoms with Crippen molar-refractivity contribution in [2.45, 2.75) is 13.3 Å². The van der Waals surface area contributed by atoms with Crippen LogP contribution >= 0.6 is 0 Å². The number of carbonyl (C=O) groups is 2. The third-order valence-electron chi connectivity index (χ3n) is 4.70. The predicted molar refractivity (Wildman–Crippen MR) is 97.3 cm³/mol. The molecule has 0 bridgehead atoms. The number of nitrogens with one attached hydrogen (secondary N) is 1. The minimum atomic E-state index is -0.937. The highest BCUT2D eigenvalue weighted by atomic mass is 19.1. The first kappa shape index (κ1) is 18.8. The smallest absolute Gasteiger partial charge is 0.321 e. The van der Waals surface area contributed by atoms with E-state index in [1.807, 2.05) is 6.92 Å². The van der Waals surface area contributed by atoms with Gasteiger partial charge in [-0.25, -0.2) is 13.6 Å². The first-order chi connectivity index (χ1) is 12.9. The molecule has 1 saturated heterocycles. The number of carboxylic acid groups (broad SMARTS) is 1. The Morgan fingerprint density at radius 1 is 1.07 bits per heavy atom. The lowest BCUT2D eigenvalue weighted by atomic mass is 9.91. The molecule has 3 rings (SSSR count). The zero-order valence-electron chi connectivity index (χ0n) is 14.8. The van der Waals surface area contributed by atoms with E-state index in [1.54, 1.807) is 18.2 Å². The van der Waals surface area contributed by atoms with Gasteiger partial charge in [0.25, 0.3) is 0 Å². The normalized spacial score (nSPS) is 19.6. The van der Waals surface area contributed by atoms with Crippen molar-refractivity contribution < 1.29 is 23.5 Å². The molecule has 0 saturated carbocycles. The van der Waals surface area contributed by atoms with E-state index in [9.17, 15) is 23.5 Å². The molecule has 2 unspecified atom stereocenters. The van der Waals surface area contributed by atoms with E-state index in [4.69, 9.17) is 0 Å². The Morgan fingerprint density at radius 3 is 2.41 bits per heavy atom. The van der Waals surface area contributed by atoms with Gasteiger partial charge in [0, 0.05) is 18.7 Å². The zero-order chi connectivity index (χ0) is 19.6. The molecular formula is C20H20F2N2O3. The van der Waals surface area contributed by atoms with Crippen molar-refractivity contribution in [3.8, 4) is 11.1 Å². The molecule has 2 atom stereocenters.